The van der Waals surface area contributed by atoms with Gasteiger partial charge in [0.05, 0.1) is 17.7 Å². The molecule has 0 aliphatic rings. The minimum Gasteiger partial charge on any atom is -0.386 e. The van der Waals surface area contributed by atoms with Crippen LogP contribution in [0.5, 0.6) is 0 Å². The van der Waals surface area contributed by atoms with Crippen molar-refractivity contribution in [2.75, 3.05) is 0 Å². The molecule has 100 valence electrons. The van der Waals surface area contributed by atoms with Crippen LogP contribution in [0.25, 0.3) is 0 Å². The zero-order chi connectivity index (χ0) is 14.4. The SMILES string of the molecule is C[C@@H](N=Cc1ccc(C#N)cc1)[C@H](O)c1ccccc1. The van der Waals surface area contributed by atoms with Crippen LogP contribution in [0.4, 0.5) is 0 Å². The van der Waals surface area contributed by atoms with Crippen molar-refractivity contribution >= 4 is 6.21 Å². The Morgan fingerprint density at radius 1 is 1.10 bits per heavy atom. The Balaban J connectivity index is 2.05. The van der Waals surface area contributed by atoms with Crippen LogP contribution in [0.3, 0.4) is 0 Å². The van der Waals surface area contributed by atoms with E-state index in [-0.39, 0.29) is 6.04 Å². The third-order valence-corrected chi connectivity index (χ3v) is 3.10. The summed E-state index contributed by atoms with van der Waals surface area (Å²) in [7, 11) is 0. The smallest absolute Gasteiger partial charge is 0.101 e. The molecule has 0 heterocycles. The lowest BCUT2D eigenvalue weighted by molar-refractivity contribution is 0.154. The molecule has 2 aromatic rings. The lowest BCUT2D eigenvalue weighted by atomic mass is 10.0. The minimum absolute atomic E-state index is 0.229. The Hall–Kier alpha value is -2.44. The van der Waals surface area contributed by atoms with Crippen molar-refractivity contribution in [2.45, 2.75) is 19.1 Å². The molecule has 2 rings (SSSR count). The molecule has 1 N–H and O–H groups in total. The predicted molar refractivity (Wildman–Crippen MR) is 79.6 cm³/mol. The van der Waals surface area contributed by atoms with Gasteiger partial charge in [0.25, 0.3) is 0 Å². The number of benzene rings is 2. The molecule has 0 spiro atoms. The minimum atomic E-state index is -0.620. The molecule has 3 heteroatoms. The summed E-state index contributed by atoms with van der Waals surface area (Å²) < 4.78 is 0. The van der Waals surface area contributed by atoms with E-state index in [4.69, 9.17) is 5.26 Å². The number of aliphatic imine (C=N–C) groups is 1. The molecule has 0 bridgehead atoms. The lowest BCUT2D eigenvalue weighted by Crippen LogP contribution is -2.12. The van der Waals surface area contributed by atoms with Gasteiger partial charge in [-0.25, -0.2) is 0 Å². The summed E-state index contributed by atoms with van der Waals surface area (Å²) in [6, 6.07) is 18.5. The second-order valence-electron chi connectivity index (χ2n) is 4.61. The molecule has 0 amide bonds. The fourth-order valence-electron chi connectivity index (χ4n) is 1.86. The highest BCUT2D eigenvalue weighted by atomic mass is 16.3. The molecule has 2 atom stereocenters. The monoisotopic (exact) mass is 264 g/mol. The number of nitriles is 1. The van der Waals surface area contributed by atoms with Crippen LogP contribution in [-0.2, 0) is 0 Å². The van der Waals surface area contributed by atoms with E-state index in [1.165, 1.54) is 0 Å². The first-order valence-electron chi connectivity index (χ1n) is 6.47. The van der Waals surface area contributed by atoms with Gasteiger partial charge in [-0.3, -0.25) is 4.99 Å². The quantitative estimate of drug-likeness (QED) is 0.863. The van der Waals surface area contributed by atoms with Crippen LogP contribution < -0.4 is 0 Å². The highest BCUT2D eigenvalue weighted by Crippen LogP contribution is 2.18. The summed E-state index contributed by atoms with van der Waals surface area (Å²) in [5.74, 6) is 0. The van der Waals surface area contributed by atoms with Gasteiger partial charge in [0.2, 0.25) is 0 Å². The highest BCUT2D eigenvalue weighted by Gasteiger charge is 2.14. The molecule has 0 fully saturated rings. The van der Waals surface area contributed by atoms with Crippen molar-refractivity contribution in [3.8, 4) is 6.07 Å². The molecule has 0 saturated heterocycles. The molecule has 3 nitrogen and oxygen atoms in total. The van der Waals surface area contributed by atoms with E-state index < -0.39 is 6.10 Å². The maximum atomic E-state index is 10.2. The molecular weight excluding hydrogens is 248 g/mol. The maximum Gasteiger partial charge on any atom is 0.101 e. The van der Waals surface area contributed by atoms with Crippen molar-refractivity contribution in [3.63, 3.8) is 0 Å². The summed E-state index contributed by atoms with van der Waals surface area (Å²) in [5.41, 5.74) is 2.40. The van der Waals surface area contributed by atoms with Crippen LogP contribution in [0.15, 0.2) is 59.6 Å². The standard InChI is InChI=1S/C17H16N2O/c1-13(17(20)16-5-3-2-4-6-16)19-12-15-9-7-14(11-18)8-10-15/h2-10,12-13,17,20H,1H3/t13-,17+/m1/s1. The Kier molecular flexibility index (Phi) is 4.65. The molecule has 0 aliphatic carbocycles. The Bertz CT molecular complexity index is 612. The molecule has 0 aliphatic heterocycles. The van der Waals surface area contributed by atoms with Crippen LogP contribution in [0.1, 0.15) is 29.7 Å². The van der Waals surface area contributed by atoms with Crippen molar-refractivity contribution in [1.29, 1.82) is 5.26 Å². The average Bonchev–Trinajstić information content (AvgIpc) is 2.53. The van der Waals surface area contributed by atoms with Crippen molar-refractivity contribution in [1.82, 2.24) is 0 Å². The lowest BCUT2D eigenvalue weighted by Gasteiger charge is -2.15. The van der Waals surface area contributed by atoms with Gasteiger partial charge in [-0.05, 0) is 30.2 Å². The number of aliphatic hydroxyl groups is 1. The Morgan fingerprint density at radius 3 is 2.35 bits per heavy atom. The van der Waals surface area contributed by atoms with Gasteiger partial charge in [0.15, 0.2) is 0 Å². The summed E-state index contributed by atoms with van der Waals surface area (Å²) in [6.45, 7) is 1.87. The second-order valence-corrected chi connectivity index (χ2v) is 4.61. The summed E-state index contributed by atoms with van der Waals surface area (Å²) >= 11 is 0. The number of hydrogen-bond acceptors (Lipinski definition) is 3. The van der Waals surface area contributed by atoms with Gasteiger partial charge in [0, 0.05) is 6.21 Å². The second kappa shape index (κ2) is 6.65. The highest BCUT2D eigenvalue weighted by molar-refractivity contribution is 5.79. The first-order chi connectivity index (χ1) is 9.70. The molecule has 20 heavy (non-hydrogen) atoms. The number of aliphatic hydroxyl groups excluding tert-OH is 1. The van der Waals surface area contributed by atoms with Crippen LogP contribution in [0, 0.1) is 11.3 Å². The molecule has 2 aromatic carbocycles. The third kappa shape index (κ3) is 3.53. The van der Waals surface area contributed by atoms with Gasteiger partial charge in [-0.2, -0.15) is 5.26 Å². The first kappa shape index (κ1) is 14.0. The van der Waals surface area contributed by atoms with Gasteiger partial charge < -0.3 is 5.11 Å². The van der Waals surface area contributed by atoms with Crippen LogP contribution >= 0.6 is 0 Å². The van der Waals surface area contributed by atoms with Gasteiger partial charge in [0.1, 0.15) is 6.10 Å². The largest absolute Gasteiger partial charge is 0.386 e. The topological polar surface area (TPSA) is 56.4 Å². The first-order valence-corrected chi connectivity index (χ1v) is 6.47. The summed E-state index contributed by atoms with van der Waals surface area (Å²) in [5, 5.41) is 18.9. The zero-order valence-electron chi connectivity index (χ0n) is 11.3. The maximum absolute atomic E-state index is 10.2. The fourth-order valence-corrected chi connectivity index (χ4v) is 1.86. The van der Waals surface area contributed by atoms with Crippen molar-refractivity contribution in [3.05, 3.63) is 71.3 Å². The van der Waals surface area contributed by atoms with E-state index in [0.717, 1.165) is 11.1 Å². The number of nitrogens with zero attached hydrogens (tertiary/aromatic N) is 2. The Morgan fingerprint density at radius 2 is 1.75 bits per heavy atom. The summed E-state index contributed by atoms with van der Waals surface area (Å²) in [6.07, 6.45) is 1.10. The van der Waals surface area contributed by atoms with E-state index in [2.05, 4.69) is 11.1 Å². The third-order valence-electron chi connectivity index (χ3n) is 3.10. The number of hydrogen-bond donors (Lipinski definition) is 1. The zero-order valence-corrected chi connectivity index (χ0v) is 11.3. The van der Waals surface area contributed by atoms with Gasteiger partial charge >= 0.3 is 0 Å². The summed E-state index contributed by atoms with van der Waals surface area (Å²) in [4.78, 5) is 4.37. The number of rotatable bonds is 4. The van der Waals surface area contributed by atoms with E-state index in [0.29, 0.717) is 5.56 Å². The molecule has 0 saturated carbocycles. The van der Waals surface area contributed by atoms with Crippen molar-refractivity contribution in [2.24, 2.45) is 4.99 Å². The molecule has 0 radical (unpaired) electrons. The average molecular weight is 264 g/mol. The van der Waals surface area contributed by atoms with E-state index in [1.54, 1.807) is 18.3 Å². The normalized spacial score (nSPS) is 13.8. The molecular formula is C17H16N2O. The van der Waals surface area contributed by atoms with Crippen molar-refractivity contribution < 1.29 is 5.11 Å². The molecule has 0 unspecified atom stereocenters. The fraction of sp³-hybridized carbons (Fsp3) is 0.176. The van der Waals surface area contributed by atoms with E-state index in [9.17, 15) is 5.11 Å². The van der Waals surface area contributed by atoms with E-state index in [1.807, 2.05) is 49.4 Å². The van der Waals surface area contributed by atoms with Crippen LogP contribution in [-0.4, -0.2) is 17.4 Å². The van der Waals surface area contributed by atoms with E-state index >= 15 is 0 Å². The predicted octanol–water partition coefficient (Wildman–Crippen LogP) is 3.10. The molecule has 0 aromatic heterocycles. The van der Waals surface area contributed by atoms with Gasteiger partial charge in [-0.15, -0.1) is 0 Å². The Labute approximate surface area is 118 Å². The van der Waals surface area contributed by atoms with Crippen LogP contribution in [0.2, 0.25) is 0 Å². The van der Waals surface area contributed by atoms with Gasteiger partial charge in [-0.1, -0.05) is 42.5 Å².